The monoisotopic (exact) mass is 731 g/mol. The number of ether oxygens (including phenoxy) is 1. The summed E-state index contributed by atoms with van der Waals surface area (Å²) in [5, 5.41) is 18.3. The number of esters is 1. The van der Waals surface area contributed by atoms with Crippen molar-refractivity contribution >= 4 is 37.4 Å². The fraction of sp³-hybridized carbons (Fsp3) is 0.571. The zero-order valence-corrected chi connectivity index (χ0v) is 31.2. The molecule has 50 heavy (non-hydrogen) atoms. The van der Waals surface area contributed by atoms with E-state index in [0.29, 0.717) is 43.7 Å². The van der Waals surface area contributed by atoms with Crippen molar-refractivity contribution in [1.29, 1.82) is 0 Å². The van der Waals surface area contributed by atoms with Crippen LogP contribution in [-0.4, -0.2) is 87.1 Å². The quantitative estimate of drug-likeness (QED) is 0.102. The molecule has 15 heteroatoms. The third-order valence-corrected chi connectivity index (χ3v) is 13.6. The van der Waals surface area contributed by atoms with Crippen LogP contribution in [0.2, 0.25) is 0 Å². The molecule has 3 aliphatic rings. The Morgan fingerprint density at radius 3 is 1.66 bits per heavy atom. The molecule has 0 bridgehead atoms. The molecule has 0 amide bonds. The number of rotatable bonds is 10. The highest BCUT2D eigenvalue weighted by atomic mass is 32.2. The molecule has 2 aliphatic heterocycles. The number of hydrogen-bond donors (Lipinski definition) is 2. The third-order valence-electron chi connectivity index (χ3n) is 9.99. The van der Waals surface area contributed by atoms with Crippen LogP contribution >= 0.6 is 0 Å². The topological polar surface area (TPSA) is 181 Å². The van der Waals surface area contributed by atoms with E-state index in [9.17, 15) is 26.8 Å². The van der Waals surface area contributed by atoms with Gasteiger partial charge in [-0.1, -0.05) is 70.4 Å². The Balaban J connectivity index is 1.57. The van der Waals surface area contributed by atoms with Crippen molar-refractivity contribution < 1.29 is 36.4 Å². The number of benzene rings is 2. The van der Waals surface area contributed by atoms with Crippen molar-refractivity contribution in [2.75, 3.05) is 33.0 Å². The average Bonchev–Trinajstić information content (AvgIpc) is 3.07. The van der Waals surface area contributed by atoms with E-state index in [-0.39, 0.29) is 61.9 Å². The van der Waals surface area contributed by atoms with Crippen LogP contribution in [0, 0.1) is 29.6 Å². The predicted molar refractivity (Wildman–Crippen MR) is 189 cm³/mol. The van der Waals surface area contributed by atoms with Crippen molar-refractivity contribution in [2.24, 2.45) is 45.6 Å². The van der Waals surface area contributed by atoms with E-state index in [2.05, 4.69) is 10.3 Å². The second-order valence-electron chi connectivity index (χ2n) is 14.5. The molecule has 6 atom stereocenters. The van der Waals surface area contributed by atoms with Crippen LogP contribution in [0.25, 0.3) is 0 Å². The minimum Gasteiger partial charge on any atom is -0.425 e. The van der Waals surface area contributed by atoms with Gasteiger partial charge in [-0.3, -0.25) is 4.79 Å². The van der Waals surface area contributed by atoms with Crippen LogP contribution < -0.4 is 5.73 Å². The Kier molecular flexibility index (Phi) is 11.4. The van der Waals surface area contributed by atoms with E-state index in [1.54, 1.807) is 12.1 Å². The number of nitrogens with zero attached hydrogens (tertiary/aromatic N) is 4. The number of fused-ring (bicyclic) bond motifs is 2. The maximum absolute atomic E-state index is 13.9. The Bertz CT molecular complexity index is 1750. The summed E-state index contributed by atoms with van der Waals surface area (Å²) in [6, 6.07) is 8.05. The maximum Gasteiger partial charge on any atom is 0.326 e. The molecule has 2 heterocycles. The Hall–Kier alpha value is -3.37. The first-order chi connectivity index (χ1) is 23.6. The molecule has 1 aliphatic carbocycles. The molecule has 2 saturated heterocycles. The van der Waals surface area contributed by atoms with Gasteiger partial charge in [0.15, 0.2) is 0 Å². The lowest BCUT2D eigenvalue weighted by Crippen LogP contribution is -2.42. The van der Waals surface area contributed by atoms with Crippen LogP contribution in [0.5, 0.6) is 0 Å². The van der Waals surface area contributed by atoms with E-state index >= 15 is 0 Å². The molecule has 5 rings (SSSR count). The zero-order chi connectivity index (χ0) is 36.5. The van der Waals surface area contributed by atoms with Gasteiger partial charge in [0.1, 0.15) is 17.5 Å². The van der Waals surface area contributed by atoms with Crippen LogP contribution in [0.15, 0.2) is 56.5 Å². The van der Waals surface area contributed by atoms with Gasteiger partial charge in [-0.25, -0.2) is 16.8 Å². The van der Waals surface area contributed by atoms with Crippen LogP contribution in [0.4, 0.5) is 0 Å². The minimum absolute atomic E-state index is 0.00421. The highest BCUT2D eigenvalue weighted by molar-refractivity contribution is 7.89. The van der Waals surface area contributed by atoms with Gasteiger partial charge in [-0.2, -0.15) is 8.61 Å². The van der Waals surface area contributed by atoms with E-state index in [4.69, 9.17) is 15.3 Å². The van der Waals surface area contributed by atoms with E-state index < -0.39 is 38.9 Å². The summed E-state index contributed by atoms with van der Waals surface area (Å²) in [5.41, 5.74) is 7.35. The zero-order valence-electron chi connectivity index (χ0n) is 29.6. The lowest BCUT2D eigenvalue weighted by atomic mass is 9.83. The van der Waals surface area contributed by atoms with Crippen molar-refractivity contribution in [3.63, 3.8) is 0 Å². The average molecular weight is 732 g/mol. The standard InChI is InChI=1S/C35H49N5O8S2/c1-7-25(6)32(36)35(41)47-20-48-38-34-28-10-8-26(49(43,44)39-16-21(2)12-22(3)17-39)14-30(28)33(37-42)31-15-27(9-11-29(31)34)50(45,46)40-18-23(4)13-24(5)19-40/h8-11,14-15,21-25,32,42H,7,12-13,16-20,36H2,1-6H3/t21-,22+,23-,24+,25?,32?. The van der Waals surface area contributed by atoms with Crippen LogP contribution in [0.3, 0.4) is 0 Å². The number of nitrogens with two attached hydrogens (primary N) is 1. The summed E-state index contributed by atoms with van der Waals surface area (Å²) in [7, 11) is -7.88. The Morgan fingerprint density at radius 2 is 1.26 bits per heavy atom. The van der Waals surface area contributed by atoms with E-state index in [0.717, 1.165) is 12.8 Å². The Morgan fingerprint density at radius 1 is 0.820 bits per heavy atom. The largest absolute Gasteiger partial charge is 0.425 e. The molecule has 274 valence electrons. The van der Waals surface area contributed by atoms with Gasteiger partial charge in [0, 0.05) is 48.4 Å². The number of carbonyl (C=O) groups excluding carboxylic acids is 1. The van der Waals surface area contributed by atoms with Gasteiger partial charge >= 0.3 is 5.97 Å². The predicted octanol–water partition coefficient (Wildman–Crippen LogP) is 4.20. The summed E-state index contributed by atoms with van der Waals surface area (Å²) < 4.78 is 63.9. The van der Waals surface area contributed by atoms with Crippen LogP contribution in [0.1, 0.15) is 83.1 Å². The first kappa shape index (κ1) is 37.9. The van der Waals surface area contributed by atoms with Crippen molar-refractivity contribution in [1.82, 2.24) is 8.61 Å². The fourth-order valence-electron chi connectivity index (χ4n) is 7.33. The highest BCUT2D eigenvalue weighted by Crippen LogP contribution is 2.35. The molecular weight excluding hydrogens is 683 g/mol. The maximum atomic E-state index is 13.9. The highest BCUT2D eigenvalue weighted by Gasteiger charge is 2.37. The normalized spacial score (nSPS) is 24.5. The summed E-state index contributed by atoms with van der Waals surface area (Å²) >= 11 is 0. The smallest absolute Gasteiger partial charge is 0.326 e. The minimum atomic E-state index is -3.94. The molecule has 0 radical (unpaired) electrons. The lowest BCUT2D eigenvalue weighted by molar-refractivity contribution is -0.159. The molecule has 0 aromatic heterocycles. The number of oxime groups is 2. The van der Waals surface area contributed by atoms with Crippen molar-refractivity contribution in [3.05, 3.63) is 58.7 Å². The summed E-state index contributed by atoms with van der Waals surface area (Å²) in [6.07, 6.45) is 2.53. The van der Waals surface area contributed by atoms with Gasteiger partial charge in [-0.05, 0) is 66.7 Å². The molecule has 2 aromatic carbocycles. The summed E-state index contributed by atoms with van der Waals surface area (Å²) in [6.45, 7) is 12.8. The summed E-state index contributed by atoms with van der Waals surface area (Å²) in [4.78, 5) is 17.9. The number of hydrogen-bond acceptors (Lipinski definition) is 11. The van der Waals surface area contributed by atoms with Crippen LogP contribution in [-0.2, 0) is 34.4 Å². The molecule has 13 nitrogen and oxygen atoms in total. The lowest BCUT2D eigenvalue weighted by Gasteiger charge is -2.34. The number of sulfonamides is 2. The SMILES string of the molecule is CCC(C)C(N)C(=O)OCON=C1c2ccc(S(=O)(=O)N3C[C@H](C)C[C@H](C)C3)cc2C(=NO)c2cc(S(=O)(=O)N3C[C@H](C)C[C@H](C)C3)ccc21. The molecule has 2 unspecified atom stereocenters. The van der Waals surface area contributed by atoms with Gasteiger partial charge in [0.25, 0.3) is 6.79 Å². The van der Waals surface area contributed by atoms with E-state index in [1.807, 2.05) is 41.5 Å². The van der Waals surface area contributed by atoms with Crippen molar-refractivity contribution in [2.45, 2.75) is 76.6 Å². The van der Waals surface area contributed by atoms with E-state index in [1.165, 1.54) is 32.9 Å². The summed E-state index contributed by atoms with van der Waals surface area (Å²) in [5.74, 6) is -0.0175. The first-order valence-corrected chi connectivity index (χ1v) is 20.1. The molecule has 0 spiro atoms. The number of piperidine rings is 2. The van der Waals surface area contributed by atoms with Gasteiger partial charge in [0.2, 0.25) is 20.0 Å². The molecule has 2 aromatic rings. The van der Waals surface area contributed by atoms with Gasteiger partial charge < -0.3 is 20.5 Å². The Labute approximate surface area is 295 Å². The molecule has 2 fully saturated rings. The van der Waals surface area contributed by atoms with Gasteiger partial charge in [0.05, 0.1) is 9.79 Å². The van der Waals surface area contributed by atoms with Crippen molar-refractivity contribution in [3.8, 4) is 0 Å². The second-order valence-corrected chi connectivity index (χ2v) is 18.3. The first-order valence-electron chi connectivity index (χ1n) is 17.2. The van der Waals surface area contributed by atoms with Gasteiger partial charge in [-0.15, -0.1) is 0 Å². The number of carbonyl (C=O) groups is 1. The third kappa shape index (κ3) is 7.61. The molecule has 0 saturated carbocycles. The molecular formula is C35H49N5O8S2. The fourth-order valence-corrected chi connectivity index (χ4v) is 10.7. The second kappa shape index (κ2) is 15.1. The molecule has 3 N–H and O–H groups in total.